The monoisotopic (exact) mass is 382 g/mol. The molecule has 1 atom stereocenters. The van der Waals surface area contributed by atoms with Crippen LogP contribution in [-0.4, -0.2) is 24.4 Å². The number of esters is 1. The van der Waals surface area contributed by atoms with Gasteiger partial charge in [0.25, 0.3) is 0 Å². The molecule has 6 heteroatoms. The standard InChI is InChI=1S/C22H26N2O4/c1-5-28-19(25)17-13-9-10-14-18(17)24-21(27)22(3,4)20(26)23-15(2)16-11-7-6-8-12-16/h6-15H,5H2,1-4H3,(H,23,26)(H,24,27). The first-order valence-corrected chi connectivity index (χ1v) is 9.21. The molecule has 0 saturated heterocycles. The van der Waals surface area contributed by atoms with Gasteiger partial charge >= 0.3 is 5.97 Å². The number of para-hydroxylation sites is 1. The second-order valence-corrected chi connectivity index (χ2v) is 6.95. The highest BCUT2D eigenvalue weighted by molar-refractivity contribution is 6.11. The number of hydrogen-bond acceptors (Lipinski definition) is 4. The third-order valence-corrected chi connectivity index (χ3v) is 4.45. The van der Waals surface area contributed by atoms with Crippen molar-refractivity contribution in [1.82, 2.24) is 5.32 Å². The lowest BCUT2D eigenvalue weighted by Gasteiger charge is -2.25. The molecule has 2 amide bonds. The first-order chi connectivity index (χ1) is 13.3. The number of amides is 2. The molecular weight excluding hydrogens is 356 g/mol. The van der Waals surface area contributed by atoms with Crippen molar-refractivity contribution in [2.45, 2.75) is 33.7 Å². The maximum atomic E-state index is 12.8. The zero-order valence-electron chi connectivity index (χ0n) is 16.6. The van der Waals surface area contributed by atoms with E-state index < -0.39 is 23.2 Å². The number of anilines is 1. The predicted molar refractivity (Wildman–Crippen MR) is 108 cm³/mol. The molecule has 0 saturated carbocycles. The predicted octanol–water partition coefficient (Wildman–Crippen LogP) is 3.71. The Balaban J connectivity index is 2.12. The summed E-state index contributed by atoms with van der Waals surface area (Å²) in [5.74, 6) is -1.45. The van der Waals surface area contributed by atoms with Gasteiger partial charge in [0.1, 0.15) is 5.41 Å². The summed E-state index contributed by atoms with van der Waals surface area (Å²) in [4.78, 5) is 37.6. The van der Waals surface area contributed by atoms with Gasteiger partial charge in [0.2, 0.25) is 11.8 Å². The molecule has 0 heterocycles. The van der Waals surface area contributed by atoms with Crippen molar-refractivity contribution < 1.29 is 19.1 Å². The largest absolute Gasteiger partial charge is 0.462 e. The average molecular weight is 382 g/mol. The van der Waals surface area contributed by atoms with Gasteiger partial charge in [-0.25, -0.2) is 4.79 Å². The van der Waals surface area contributed by atoms with E-state index in [0.717, 1.165) is 5.56 Å². The van der Waals surface area contributed by atoms with Crippen LogP contribution in [-0.2, 0) is 14.3 Å². The lowest BCUT2D eigenvalue weighted by molar-refractivity contribution is -0.138. The van der Waals surface area contributed by atoms with Gasteiger partial charge in [-0.15, -0.1) is 0 Å². The smallest absolute Gasteiger partial charge is 0.340 e. The van der Waals surface area contributed by atoms with Crippen molar-refractivity contribution in [3.05, 3.63) is 65.7 Å². The third kappa shape index (κ3) is 4.97. The summed E-state index contributed by atoms with van der Waals surface area (Å²) in [6.07, 6.45) is 0. The van der Waals surface area contributed by atoms with Crippen LogP contribution in [0.5, 0.6) is 0 Å². The number of carbonyl (C=O) groups excluding carboxylic acids is 3. The van der Waals surface area contributed by atoms with Gasteiger partial charge < -0.3 is 15.4 Å². The number of ether oxygens (including phenoxy) is 1. The maximum absolute atomic E-state index is 12.8. The van der Waals surface area contributed by atoms with E-state index in [0.29, 0.717) is 5.69 Å². The Morgan fingerprint density at radius 3 is 2.21 bits per heavy atom. The SMILES string of the molecule is CCOC(=O)c1ccccc1NC(=O)C(C)(C)C(=O)NC(C)c1ccccc1. The molecule has 148 valence electrons. The molecule has 2 aromatic carbocycles. The van der Waals surface area contributed by atoms with Gasteiger partial charge in [0.15, 0.2) is 0 Å². The molecule has 0 aliphatic rings. The highest BCUT2D eigenvalue weighted by Gasteiger charge is 2.37. The van der Waals surface area contributed by atoms with E-state index in [1.165, 1.54) is 0 Å². The Morgan fingerprint density at radius 2 is 1.57 bits per heavy atom. The number of rotatable bonds is 7. The highest BCUT2D eigenvalue weighted by Crippen LogP contribution is 2.23. The number of carbonyl (C=O) groups is 3. The Hall–Kier alpha value is -3.15. The second kappa shape index (κ2) is 9.17. The molecule has 2 N–H and O–H groups in total. The molecule has 2 aromatic rings. The van der Waals surface area contributed by atoms with Crippen LogP contribution in [0.25, 0.3) is 0 Å². The highest BCUT2D eigenvalue weighted by atomic mass is 16.5. The van der Waals surface area contributed by atoms with Gasteiger partial charge in [-0.3, -0.25) is 9.59 Å². The summed E-state index contributed by atoms with van der Waals surface area (Å²) in [5.41, 5.74) is 0.152. The quantitative estimate of drug-likeness (QED) is 0.565. The summed E-state index contributed by atoms with van der Waals surface area (Å²) in [5, 5.41) is 5.55. The van der Waals surface area contributed by atoms with Crippen LogP contribution in [0.4, 0.5) is 5.69 Å². The topological polar surface area (TPSA) is 84.5 Å². The summed E-state index contributed by atoms with van der Waals surface area (Å²) in [6.45, 7) is 6.88. The molecular formula is C22H26N2O4. The molecule has 0 radical (unpaired) electrons. The molecule has 0 aliphatic heterocycles. The van der Waals surface area contributed by atoms with Crippen LogP contribution in [0, 0.1) is 5.41 Å². The Labute approximate surface area is 165 Å². The molecule has 6 nitrogen and oxygen atoms in total. The van der Waals surface area contributed by atoms with E-state index in [9.17, 15) is 14.4 Å². The van der Waals surface area contributed by atoms with Gasteiger partial charge in [-0.05, 0) is 45.4 Å². The van der Waals surface area contributed by atoms with E-state index in [-0.39, 0.29) is 18.2 Å². The van der Waals surface area contributed by atoms with E-state index in [1.807, 2.05) is 37.3 Å². The van der Waals surface area contributed by atoms with Crippen LogP contribution >= 0.6 is 0 Å². The van der Waals surface area contributed by atoms with Crippen LogP contribution < -0.4 is 10.6 Å². The lowest BCUT2D eigenvalue weighted by Crippen LogP contribution is -2.46. The molecule has 0 aromatic heterocycles. The van der Waals surface area contributed by atoms with Gasteiger partial charge in [0.05, 0.1) is 23.9 Å². The van der Waals surface area contributed by atoms with Crippen LogP contribution in [0.1, 0.15) is 49.7 Å². The number of nitrogens with one attached hydrogen (secondary N) is 2. The van der Waals surface area contributed by atoms with E-state index >= 15 is 0 Å². The lowest BCUT2D eigenvalue weighted by atomic mass is 9.90. The summed E-state index contributed by atoms with van der Waals surface area (Å²) < 4.78 is 5.02. The summed E-state index contributed by atoms with van der Waals surface area (Å²) >= 11 is 0. The first kappa shape index (κ1) is 21.2. The van der Waals surface area contributed by atoms with Crippen molar-refractivity contribution in [2.75, 3.05) is 11.9 Å². The molecule has 0 fully saturated rings. The molecule has 1 unspecified atom stereocenters. The molecule has 0 spiro atoms. The second-order valence-electron chi connectivity index (χ2n) is 6.95. The van der Waals surface area contributed by atoms with Gasteiger partial charge in [-0.2, -0.15) is 0 Å². The minimum Gasteiger partial charge on any atom is -0.462 e. The maximum Gasteiger partial charge on any atom is 0.340 e. The zero-order chi connectivity index (χ0) is 20.7. The minimum atomic E-state index is -1.34. The molecule has 0 bridgehead atoms. The van der Waals surface area contributed by atoms with Crippen molar-refractivity contribution in [2.24, 2.45) is 5.41 Å². The Morgan fingerprint density at radius 1 is 0.964 bits per heavy atom. The van der Waals surface area contributed by atoms with Crippen molar-refractivity contribution in [3.63, 3.8) is 0 Å². The molecule has 2 rings (SSSR count). The number of hydrogen-bond donors (Lipinski definition) is 2. The normalized spacial score (nSPS) is 12.0. The molecule has 28 heavy (non-hydrogen) atoms. The summed E-state index contributed by atoms with van der Waals surface area (Å²) in [6, 6.07) is 15.8. The van der Waals surface area contributed by atoms with E-state index in [2.05, 4.69) is 10.6 Å². The average Bonchev–Trinajstić information content (AvgIpc) is 2.69. The van der Waals surface area contributed by atoms with Crippen molar-refractivity contribution in [1.29, 1.82) is 0 Å². The minimum absolute atomic E-state index is 0.229. The first-order valence-electron chi connectivity index (χ1n) is 9.21. The fourth-order valence-electron chi connectivity index (χ4n) is 2.56. The van der Waals surface area contributed by atoms with Crippen LogP contribution in [0.2, 0.25) is 0 Å². The third-order valence-electron chi connectivity index (χ3n) is 4.45. The molecule has 0 aliphatic carbocycles. The van der Waals surface area contributed by atoms with E-state index in [1.54, 1.807) is 45.0 Å². The van der Waals surface area contributed by atoms with Gasteiger partial charge in [-0.1, -0.05) is 42.5 Å². The summed E-state index contributed by atoms with van der Waals surface area (Å²) in [7, 11) is 0. The number of benzene rings is 2. The van der Waals surface area contributed by atoms with Crippen molar-refractivity contribution >= 4 is 23.5 Å². The van der Waals surface area contributed by atoms with Crippen molar-refractivity contribution in [3.8, 4) is 0 Å². The zero-order valence-corrected chi connectivity index (χ0v) is 16.6. The fraction of sp³-hybridized carbons (Fsp3) is 0.318. The van der Waals surface area contributed by atoms with E-state index in [4.69, 9.17) is 4.74 Å². The van der Waals surface area contributed by atoms with Crippen LogP contribution in [0.15, 0.2) is 54.6 Å². The van der Waals surface area contributed by atoms with Gasteiger partial charge in [0, 0.05) is 0 Å². The van der Waals surface area contributed by atoms with Crippen LogP contribution in [0.3, 0.4) is 0 Å². The fourth-order valence-corrected chi connectivity index (χ4v) is 2.56. The Bertz CT molecular complexity index is 847. The Kier molecular flexibility index (Phi) is 6.93.